The average molecular weight is 355 g/mol. The number of amides is 2. The molecule has 3 N–H and O–H groups in total. The van der Waals surface area contributed by atoms with Crippen LogP contribution in [-0.2, 0) is 4.79 Å². The second kappa shape index (κ2) is 7.78. The molecule has 1 aromatic heterocycles. The molecule has 1 aliphatic heterocycles. The van der Waals surface area contributed by atoms with Crippen molar-refractivity contribution >= 4 is 22.8 Å². The first-order valence-corrected chi connectivity index (χ1v) is 9.02. The van der Waals surface area contributed by atoms with Crippen molar-refractivity contribution in [1.29, 1.82) is 0 Å². The first-order valence-electron chi connectivity index (χ1n) is 9.02. The van der Waals surface area contributed by atoms with Gasteiger partial charge in [0.05, 0.1) is 23.3 Å². The van der Waals surface area contributed by atoms with Crippen LogP contribution in [0.1, 0.15) is 37.2 Å². The second-order valence-corrected chi connectivity index (χ2v) is 6.96. The van der Waals surface area contributed by atoms with Crippen LogP contribution in [0.2, 0.25) is 0 Å². The van der Waals surface area contributed by atoms with Crippen LogP contribution in [0, 0.1) is 5.92 Å². The Balaban J connectivity index is 1.58. The molecule has 1 fully saturated rings. The normalized spacial score (nSPS) is 17.7. The quantitative estimate of drug-likeness (QED) is 0.862. The number of carbonyl (C=O) groups excluding carboxylic acids is 2. The van der Waals surface area contributed by atoms with E-state index in [2.05, 4.69) is 15.3 Å². The molecular formula is C19H25N5O2. The van der Waals surface area contributed by atoms with Crippen LogP contribution in [0.5, 0.6) is 0 Å². The number of rotatable bonds is 4. The number of nitrogens with one attached hydrogen (secondary N) is 1. The summed E-state index contributed by atoms with van der Waals surface area (Å²) >= 11 is 0. The molecule has 26 heavy (non-hydrogen) atoms. The SMILES string of the molecule is CC(N)C(=O)N1CCC(C(C)NC(=O)c2cnc3ccccc3n2)CC1. The molecule has 2 aromatic rings. The van der Waals surface area contributed by atoms with Gasteiger partial charge in [-0.1, -0.05) is 12.1 Å². The summed E-state index contributed by atoms with van der Waals surface area (Å²) in [4.78, 5) is 35.0. The van der Waals surface area contributed by atoms with Gasteiger partial charge in [-0.15, -0.1) is 0 Å². The van der Waals surface area contributed by atoms with Crippen molar-refractivity contribution < 1.29 is 9.59 Å². The average Bonchev–Trinajstić information content (AvgIpc) is 2.67. The highest BCUT2D eigenvalue weighted by molar-refractivity contribution is 5.93. The number of carbonyl (C=O) groups is 2. The molecule has 7 nitrogen and oxygen atoms in total. The van der Waals surface area contributed by atoms with Gasteiger partial charge in [-0.3, -0.25) is 14.6 Å². The number of nitrogens with two attached hydrogens (primary N) is 1. The van der Waals surface area contributed by atoms with Crippen LogP contribution in [0.25, 0.3) is 11.0 Å². The number of likely N-dealkylation sites (tertiary alicyclic amines) is 1. The number of piperidine rings is 1. The highest BCUT2D eigenvalue weighted by Gasteiger charge is 2.28. The summed E-state index contributed by atoms with van der Waals surface area (Å²) in [7, 11) is 0. The lowest BCUT2D eigenvalue weighted by Gasteiger charge is -2.35. The number of benzene rings is 1. The topological polar surface area (TPSA) is 101 Å². The van der Waals surface area contributed by atoms with Crippen LogP contribution < -0.4 is 11.1 Å². The molecule has 1 aromatic carbocycles. The Hall–Kier alpha value is -2.54. The molecule has 0 spiro atoms. The highest BCUT2D eigenvalue weighted by atomic mass is 16.2. The van der Waals surface area contributed by atoms with Crippen LogP contribution in [0.15, 0.2) is 30.5 Å². The van der Waals surface area contributed by atoms with Gasteiger partial charge in [-0.05, 0) is 44.7 Å². The molecule has 0 saturated carbocycles. The summed E-state index contributed by atoms with van der Waals surface area (Å²) in [5.74, 6) is 0.0981. The van der Waals surface area contributed by atoms with Crippen LogP contribution >= 0.6 is 0 Å². The Morgan fingerprint density at radius 1 is 1.19 bits per heavy atom. The first-order chi connectivity index (χ1) is 12.5. The van der Waals surface area contributed by atoms with Crippen molar-refractivity contribution in [1.82, 2.24) is 20.2 Å². The maximum atomic E-state index is 12.5. The number of hydrogen-bond donors (Lipinski definition) is 2. The van der Waals surface area contributed by atoms with E-state index in [0.717, 1.165) is 18.4 Å². The molecule has 7 heteroatoms. The van der Waals surface area contributed by atoms with E-state index in [-0.39, 0.29) is 17.9 Å². The Kier molecular flexibility index (Phi) is 5.46. The van der Waals surface area contributed by atoms with Gasteiger partial charge >= 0.3 is 0 Å². The van der Waals surface area contributed by atoms with Gasteiger partial charge in [0.25, 0.3) is 5.91 Å². The molecule has 3 rings (SSSR count). The van der Waals surface area contributed by atoms with E-state index in [4.69, 9.17) is 5.73 Å². The number of aromatic nitrogens is 2. The van der Waals surface area contributed by atoms with E-state index in [9.17, 15) is 9.59 Å². The third-order valence-electron chi connectivity index (χ3n) is 4.99. The standard InChI is InChI=1S/C19H25N5O2/c1-12(20)19(26)24-9-7-14(8-10-24)13(2)22-18(25)17-11-21-15-5-3-4-6-16(15)23-17/h3-6,11-14H,7-10,20H2,1-2H3,(H,22,25). The molecule has 1 saturated heterocycles. The fourth-order valence-electron chi connectivity index (χ4n) is 3.37. The number of hydrogen-bond acceptors (Lipinski definition) is 5. The summed E-state index contributed by atoms with van der Waals surface area (Å²) in [5, 5.41) is 3.03. The van der Waals surface area contributed by atoms with Gasteiger partial charge in [0, 0.05) is 19.1 Å². The number of nitrogens with zero attached hydrogens (tertiary/aromatic N) is 3. The van der Waals surface area contributed by atoms with Gasteiger partial charge < -0.3 is 16.0 Å². The molecule has 2 atom stereocenters. The minimum absolute atomic E-state index is 0.00308. The lowest BCUT2D eigenvalue weighted by atomic mass is 9.90. The van der Waals surface area contributed by atoms with E-state index in [1.807, 2.05) is 36.1 Å². The third-order valence-corrected chi connectivity index (χ3v) is 4.99. The van der Waals surface area contributed by atoms with Crippen LogP contribution in [0.3, 0.4) is 0 Å². The zero-order valence-electron chi connectivity index (χ0n) is 15.2. The van der Waals surface area contributed by atoms with E-state index in [1.165, 1.54) is 6.20 Å². The molecule has 1 aliphatic rings. The maximum Gasteiger partial charge on any atom is 0.271 e. The van der Waals surface area contributed by atoms with Crippen molar-refractivity contribution in [2.45, 2.75) is 38.8 Å². The van der Waals surface area contributed by atoms with Crippen molar-refractivity contribution in [3.8, 4) is 0 Å². The van der Waals surface area contributed by atoms with Gasteiger partial charge in [0.15, 0.2) is 0 Å². The molecule has 0 radical (unpaired) electrons. The van der Waals surface area contributed by atoms with Crippen molar-refractivity contribution in [2.75, 3.05) is 13.1 Å². The van der Waals surface area contributed by atoms with Crippen LogP contribution in [0.4, 0.5) is 0 Å². The Morgan fingerprint density at radius 2 is 1.85 bits per heavy atom. The van der Waals surface area contributed by atoms with Crippen molar-refractivity contribution in [3.63, 3.8) is 0 Å². The first kappa shape index (κ1) is 18.3. The van der Waals surface area contributed by atoms with E-state index in [1.54, 1.807) is 6.92 Å². The minimum atomic E-state index is -0.463. The molecule has 138 valence electrons. The molecule has 0 aliphatic carbocycles. The lowest BCUT2D eigenvalue weighted by Crippen LogP contribution is -2.49. The molecule has 2 amide bonds. The van der Waals surface area contributed by atoms with Crippen LogP contribution in [-0.4, -0.2) is 51.9 Å². The Bertz CT molecular complexity index is 799. The van der Waals surface area contributed by atoms with Crippen molar-refractivity contribution in [2.24, 2.45) is 11.7 Å². The number of fused-ring (bicyclic) bond motifs is 1. The van der Waals surface area contributed by atoms with E-state index < -0.39 is 6.04 Å². The minimum Gasteiger partial charge on any atom is -0.348 e. The Morgan fingerprint density at radius 3 is 2.50 bits per heavy atom. The van der Waals surface area contributed by atoms with Crippen molar-refractivity contribution in [3.05, 3.63) is 36.2 Å². The fourth-order valence-corrected chi connectivity index (χ4v) is 3.37. The molecule has 0 bridgehead atoms. The molecule has 2 heterocycles. The largest absolute Gasteiger partial charge is 0.348 e. The van der Waals surface area contributed by atoms with Gasteiger partial charge in [-0.2, -0.15) is 0 Å². The predicted octanol–water partition coefficient (Wildman–Crippen LogP) is 1.33. The van der Waals surface area contributed by atoms with E-state index in [0.29, 0.717) is 30.2 Å². The maximum absolute atomic E-state index is 12.5. The summed E-state index contributed by atoms with van der Waals surface area (Å²) < 4.78 is 0. The van der Waals surface area contributed by atoms with Gasteiger partial charge in [0.1, 0.15) is 5.69 Å². The smallest absolute Gasteiger partial charge is 0.271 e. The monoisotopic (exact) mass is 355 g/mol. The third kappa shape index (κ3) is 3.99. The zero-order chi connectivity index (χ0) is 18.7. The fraction of sp³-hybridized carbons (Fsp3) is 0.474. The highest BCUT2D eigenvalue weighted by Crippen LogP contribution is 2.21. The second-order valence-electron chi connectivity index (χ2n) is 6.96. The molecule has 2 unspecified atom stereocenters. The summed E-state index contributed by atoms with van der Waals surface area (Å²) in [6.07, 6.45) is 3.21. The Labute approximate surface area is 153 Å². The summed E-state index contributed by atoms with van der Waals surface area (Å²) in [6.45, 7) is 5.07. The summed E-state index contributed by atoms with van der Waals surface area (Å²) in [5.41, 5.74) is 7.46. The zero-order valence-corrected chi connectivity index (χ0v) is 15.2. The molecular weight excluding hydrogens is 330 g/mol. The lowest BCUT2D eigenvalue weighted by molar-refractivity contribution is -0.133. The van der Waals surface area contributed by atoms with E-state index >= 15 is 0 Å². The van der Waals surface area contributed by atoms with Gasteiger partial charge in [0.2, 0.25) is 5.91 Å². The van der Waals surface area contributed by atoms with Gasteiger partial charge in [-0.25, -0.2) is 4.98 Å². The predicted molar refractivity (Wildman–Crippen MR) is 99.4 cm³/mol. The number of para-hydroxylation sites is 2. The summed E-state index contributed by atoms with van der Waals surface area (Å²) in [6, 6.07) is 7.01.